The van der Waals surface area contributed by atoms with Crippen molar-refractivity contribution in [2.45, 2.75) is 51.5 Å². The zero-order chi connectivity index (χ0) is 12.4. The summed E-state index contributed by atoms with van der Waals surface area (Å²) in [7, 11) is 0. The molecule has 1 saturated carbocycles. The van der Waals surface area contributed by atoms with Gasteiger partial charge in [-0.15, -0.1) is 11.3 Å². The second kappa shape index (κ2) is 5.17. The Kier molecular flexibility index (Phi) is 3.57. The van der Waals surface area contributed by atoms with Gasteiger partial charge in [0.05, 0.1) is 0 Å². The molecule has 0 atom stereocenters. The average Bonchev–Trinajstić information content (AvgIpc) is 2.76. The van der Waals surface area contributed by atoms with E-state index in [4.69, 9.17) is 5.73 Å². The third-order valence-electron chi connectivity index (χ3n) is 4.61. The first-order valence-corrected chi connectivity index (χ1v) is 8.00. The van der Waals surface area contributed by atoms with E-state index in [0.29, 0.717) is 10.5 Å². The molecule has 0 amide bonds. The quantitative estimate of drug-likeness (QED) is 0.892. The minimum absolute atomic E-state index is 0.646. The molecule has 1 aromatic heterocycles. The normalized spacial score (nSPS) is 24.4. The van der Waals surface area contributed by atoms with Crippen LogP contribution in [0.15, 0.2) is 6.20 Å². The van der Waals surface area contributed by atoms with E-state index in [9.17, 15) is 0 Å². The zero-order valence-corrected chi connectivity index (χ0v) is 11.8. The summed E-state index contributed by atoms with van der Waals surface area (Å²) in [6.07, 6.45) is 12.0. The third-order valence-corrected chi connectivity index (χ3v) is 5.42. The van der Waals surface area contributed by atoms with Gasteiger partial charge in [0.15, 0.2) is 5.13 Å². The van der Waals surface area contributed by atoms with Gasteiger partial charge in [-0.1, -0.05) is 19.3 Å². The van der Waals surface area contributed by atoms with E-state index in [1.807, 2.05) is 6.20 Å². The van der Waals surface area contributed by atoms with E-state index in [2.05, 4.69) is 9.88 Å². The largest absolute Gasteiger partial charge is 0.375 e. The van der Waals surface area contributed by atoms with Crippen molar-refractivity contribution in [3.8, 4) is 0 Å². The second-order valence-corrected chi connectivity index (χ2v) is 7.19. The number of aromatic nitrogens is 1. The van der Waals surface area contributed by atoms with Crippen LogP contribution in [0.4, 0.5) is 5.13 Å². The van der Waals surface area contributed by atoms with Gasteiger partial charge in [-0.25, -0.2) is 4.98 Å². The maximum absolute atomic E-state index is 5.71. The third kappa shape index (κ3) is 2.69. The molecule has 0 aromatic carbocycles. The van der Waals surface area contributed by atoms with Gasteiger partial charge in [-0.3, -0.25) is 4.90 Å². The lowest BCUT2D eigenvalue weighted by Crippen LogP contribution is -2.43. The zero-order valence-electron chi connectivity index (χ0n) is 11.0. The fourth-order valence-corrected chi connectivity index (χ4v) is 4.50. The fraction of sp³-hybridized carbons (Fsp3) is 0.786. The Hall–Kier alpha value is -0.610. The van der Waals surface area contributed by atoms with E-state index in [-0.39, 0.29) is 0 Å². The summed E-state index contributed by atoms with van der Waals surface area (Å²) in [5, 5.41) is 0.703. The van der Waals surface area contributed by atoms with Gasteiger partial charge >= 0.3 is 0 Å². The highest BCUT2D eigenvalue weighted by Gasteiger charge is 2.36. The Bertz CT molecular complexity index is 390. The number of piperidine rings is 1. The number of likely N-dealkylation sites (tertiary alicyclic amines) is 1. The van der Waals surface area contributed by atoms with Crippen LogP contribution in [-0.2, 0) is 6.54 Å². The van der Waals surface area contributed by atoms with Crippen LogP contribution in [0.5, 0.6) is 0 Å². The predicted octanol–water partition coefficient (Wildman–Crippen LogP) is 3.27. The minimum atomic E-state index is 0.646. The van der Waals surface area contributed by atoms with Crippen LogP contribution in [-0.4, -0.2) is 23.0 Å². The van der Waals surface area contributed by atoms with Crippen LogP contribution in [0.25, 0.3) is 0 Å². The van der Waals surface area contributed by atoms with Crippen LogP contribution >= 0.6 is 11.3 Å². The van der Waals surface area contributed by atoms with Gasteiger partial charge in [-0.2, -0.15) is 0 Å². The highest BCUT2D eigenvalue weighted by atomic mass is 32.1. The molecule has 1 aliphatic carbocycles. The molecule has 0 radical (unpaired) electrons. The fourth-order valence-electron chi connectivity index (χ4n) is 3.77. The summed E-state index contributed by atoms with van der Waals surface area (Å²) in [6, 6.07) is 0. The van der Waals surface area contributed by atoms with Crippen molar-refractivity contribution in [1.29, 1.82) is 0 Å². The van der Waals surface area contributed by atoms with E-state index in [1.165, 1.54) is 62.9 Å². The van der Waals surface area contributed by atoms with Gasteiger partial charge in [0.2, 0.25) is 0 Å². The Morgan fingerprint density at radius 3 is 2.72 bits per heavy atom. The monoisotopic (exact) mass is 265 g/mol. The van der Waals surface area contributed by atoms with Gasteiger partial charge in [0.25, 0.3) is 0 Å². The molecule has 2 N–H and O–H groups in total. The van der Waals surface area contributed by atoms with E-state index in [1.54, 1.807) is 11.3 Å². The van der Waals surface area contributed by atoms with Gasteiger partial charge in [0, 0.05) is 24.2 Å². The number of hydrogen-bond donors (Lipinski definition) is 1. The molecular weight excluding hydrogens is 242 g/mol. The molecular formula is C14H23N3S. The molecule has 2 aliphatic rings. The molecule has 100 valence electrons. The Morgan fingerprint density at radius 2 is 2.00 bits per heavy atom. The Morgan fingerprint density at radius 1 is 1.22 bits per heavy atom. The molecule has 18 heavy (non-hydrogen) atoms. The molecule has 3 nitrogen and oxygen atoms in total. The first-order chi connectivity index (χ1) is 8.76. The van der Waals surface area contributed by atoms with Crippen molar-refractivity contribution in [3.05, 3.63) is 11.1 Å². The minimum Gasteiger partial charge on any atom is -0.375 e. The lowest BCUT2D eigenvalue weighted by atomic mass is 9.69. The van der Waals surface area contributed by atoms with Crippen molar-refractivity contribution in [1.82, 2.24) is 9.88 Å². The van der Waals surface area contributed by atoms with E-state index < -0.39 is 0 Å². The standard InChI is InChI=1S/C14H23N3S/c15-13-16-9-12(18-13)10-17-8-4-7-14(11-17)5-2-1-3-6-14/h9H,1-8,10-11H2,(H2,15,16). The van der Waals surface area contributed by atoms with Crippen molar-refractivity contribution in [2.24, 2.45) is 5.41 Å². The number of nitrogen functional groups attached to an aromatic ring is 1. The van der Waals surface area contributed by atoms with E-state index >= 15 is 0 Å². The van der Waals surface area contributed by atoms with Gasteiger partial charge in [0.1, 0.15) is 0 Å². The summed E-state index contributed by atoms with van der Waals surface area (Å²) in [6.45, 7) is 3.60. The van der Waals surface area contributed by atoms with Crippen molar-refractivity contribution in [3.63, 3.8) is 0 Å². The number of nitrogens with two attached hydrogens (primary N) is 1. The van der Waals surface area contributed by atoms with Crippen molar-refractivity contribution >= 4 is 16.5 Å². The lowest BCUT2D eigenvalue weighted by Gasteiger charge is -2.45. The molecule has 1 saturated heterocycles. The SMILES string of the molecule is Nc1ncc(CN2CCCC3(CCCCC3)C2)s1. The Labute approximate surface area is 113 Å². The molecule has 1 aromatic rings. The van der Waals surface area contributed by atoms with Crippen molar-refractivity contribution < 1.29 is 0 Å². The average molecular weight is 265 g/mol. The summed E-state index contributed by atoms with van der Waals surface area (Å²) < 4.78 is 0. The van der Waals surface area contributed by atoms with Crippen LogP contribution in [0, 0.1) is 5.41 Å². The number of hydrogen-bond acceptors (Lipinski definition) is 4. The number of anilines is 1. The molecule has 4 heteroatoms. The molecule has 0 bridgehead atoms. The van der Waals surface area contributed by atoms with Crippen LogP contribution < -0.4 is 5.73 Å². The maximum Gasteiger partial charge on any atom is 0.180 e. The second-order valence-electron chi connectivity index (χ2n) is 6.04. The first kappa shape index (κ1) is 12.4. The van der Waals surface area contributed by atoms with Gasteiger partial charge in [-0.05, 0) is 37.6 Å². The molecule has 2 heterocycles. The van der Waals surface area contributed by atoms with Gasteiger partial charge < -0.3 is 5.73 Å². The summed E-state index contributed by atoms with van der Waals surface area (Å²) in [5.41, 5.74) is 6.35. The molecule has 1 spiro atoms. The number of rotatable bonds is 2. The highest BCUT2D eigenvalue weighted by Crippen LogP contribution is 2.43. The summed E-state index contributed by atoms with van der Waals surface area (Å²) in [4.78, 5) is 8.10. The van der Waals surface area contributed by atoms with Crippen LogP contribution in [0.2, 0.25) is 0 Å². The Balaban J connectivity index is 1.63. The van der Waals surface area contributed by atoms with Crippen LogP contribution in [0.1, 0.15) is 49.8 Å². The van der Waals surface area contributed by atoms with E-state index in [0.717, 1.165) is 6.54 Å². The smallest absolute Gasteiger partial charge is 0.180 e. The topological polar surface area (TPSA) is 42.1 Å². The number of nitrogens with zero attached hydrogens (tertiary/aromatic N) is 2. The summed E-state index contributed by atoms with van der Waals surface area (Å²) >= 11 is 1.64. The molecule has 1 aliphatic heterocycles. The molecule has 2 fully saturated rings. The predicted molar refractivity (Wildman–Crippen MR) is 76.6 cm³/mol. The molecule has 0 unspecified atom stereocenters. The van der Waals surface area contributed by atoms with Crippen molar-refractivity contribution in [2.75, 3.05) is 18.8 Å². The van der Waals surface area contributed by atoms with Crippen LogP contribution in [0.3, 0.4) is 0 Å². The maximum atomic E-state index is 5.71. The lowest BCUT2D eigenvalue weighted by molar-refractivity contribution is 0.0499. The summed E-state index contributed by atoms with van der Waals surface area (Å²) in [5.74, 6) is 0. The molecule has 3 rings (SSSR count). The number of thiazole rings is 1. The highest BCUT2D eigenvalue weighted by molar-refractivity contribution is 7.15. The first-order valence-electron chi connectivity index (χ1n) is 7.18.